The fourth-order valence-corrected chi connectivity index (χ4v) is 3.81. The van der Waals surface area contributed by atoms with Gasteiger partial charge in [-0.25, -0.2) is 4.39 Å². The summed E-state index contributed by atoms with van der Waals surface area (Å²) >= 11 is 6.07. The minimum atomic E-state index is -0.381. The van der Waals surface area contributed by atoms with E-state index < -0.39 is 0 Å². The predicted octanol–water partition coefficient (Wildman–Crippen LogP) is 7.25. The van der Waals surface area contributed by atoms with Gasteiger partial charge < -0.3 is 0 Å². The first-order valence-corrected chi connectivity index (χ1v) is 8.85. The van der Waals surface area contributed by atoms with Gasteiger partial charge in [0.25, 0.3) is 0 Å². The topological polar surface area (TPSA) is 0 Å². The van der Waals surface area contributed by atoms with E-state index in [4.69, 9.17) is 11.6 Å². The van der Waals surface area contributed by atoms with Gasteiger partial charge in [-0.15, -0.1) is 6.58 Å². The first kappa shape index (κ1) is 17.0. The minimum Gasteiger partial charge on any atom is -0.205 e. The monoisotopic (exact) mass is 340 g/mol. The Morgan fingerprint density at radius 3 is 2.21 bits per heavy atom. The molecule has 1 aliphatic carbocycles. The molecule has 0 bridgehead atoms. The summed E-state index contributed by atoms with van der Waals surface area (Å²) in [5.41, 5.74) is 3.35. The third-order valence-electron chi connectivity index (χ3n) is 5.13. The van der Waals surface area contributed by atoms with Crippen LogP contribution in [0.3, 0.4) is 0 Å². The van der Waals surface area contributed by atoms with E-state index in [-0.39, 0.29) is 10.8 Å². The van der Waals surface area contributed by atoms with E-state index in [0.717, 1.165) is 5.56 Å². The molecule has 1 aliphatic rings. The van der Waals surface area contributed by atoms with Crippen LogP contribution < -0.4 is 0 Å². The van der Waals surface area contributed by atoms with Crippen molar-refractivity contribution in [2.24, 2.45) is 5.92 Å². The maximum Gasteiger partial charge on any atom is 0.150 e. The first-order chi connectivity index (χ1) is 11.6. The largest absolute Gasteiger partial charge is 0.205 e. The van der Waals surface area contributed by atoms with Gasteiger partial charge in [0.2, 0.25) is 0 Å². The molecule has 0 spiro atoms. The quantitative estimate of drug-likeness (QED) is 0.514. The molecule has 0 amide bonds. The van der Waals surface area contributed by atoms with Crippen molar-refractivity contribution in [2.45, 2.75) is 31.6 Å². The zero-order valence-electron chi connectivity index (χ0n) is 13.8. The Morgan fingerprint density at radius 2 is 1.62 bits per heavy atom. The van der Waals surface area contributed by atoms with Crippen molar-refractivity contribution in [1.82, 2.24) is 0 Å². The van der Waals surface area contributed by atoms with Crippen LogP contribution in [-0.4, -0.2) is 0 Å². The molecule has 0 radical (unpaired) electrons. The van der Waals surface area contributed by atoms with Gasteiger partial charge in [-0.05, 0) is 54.2 Å². The maximum atomic E-state index is 14.5. The summed E-state index contributed by atoms with van der Waals surface area (Å²) in [6.07, 6.45) is 8.47. The first-order valence-electron chi connectivity index (χ1n) is 8.47. The van der Waals surface area contributed by atoms with E-state index >= 15 is 0 Å². The fourth-order valence-electron chi connectivity index (χ4n) is 3.57. The van der Waals surface area contributed by atoms with Crippen LogP contribution in [0.1, 0.15) is 42.7 Å². The highest BCUT2D eigenvalue weighted by Crippen LogP contribution is 2.37. The summed E-state index contributed by atoms with van der Waals surface area (Å²) in [5, 5.41) is 0.134. The van der Waals surface area contributed by atoms with E-state index in [9.17, 15) is 4.39 Å². The fraction of sp³-hybridized carbons (Fsp3) is 0.273. The predicted molar refractivity (Wildman–Crippen MR) is 102 cm³/mol. The number of rotatable bonds is 4. The van der Waals surface area contributed by atoms with E-state index in [0.29, 0.717) is 23.0 Å². The van der Waals surface area contributed by atoms with E-state index in [1.807, 2.05) is 12.1 Å². The number of hydrogen-bond donors (Lipinski definition) is 0. The molecule has 2 aromatic rings. The maximum absolute atomic E-state index is 14.5. The Bertz CT molecular complexity index is 737. The molecule has 0 aliphatic heterocycles. The van der Waals surface area contributed by atoms with Crippen molar-refractivity contribution in [2.75, 3.05) is 0 Å². The lowest BCUT2D eigenvalue weighted by Gasteiger charge is -2.27. The highest BCUT2D eigenvalue weighted by Gasteiger charge is 2.20. The van der Waals surface area contributed by atoms with E-state index in [1.54, 1.807) is 18.2 Å². The molecule has 3 rings (SSSR count). The Hall–Kier alpha value is -1.86. The zero-order valence-corrected chi connectivity index (χ0v) is 14.5. The summed E-state index contributed by atoms with van der Waals surface area (Å²) < 4.78 is 14.5. The summed E-state index contributed by atoms with van der Waals surface area (Å²) in [7, 11) is 0. The number of hydrogen-bond acceptors (Lipinski definition) is 0. The number of benzene rings is 2. The van der Waals surface area contributed by atoms with Crippen molar-refractivity contribution in [3.63, 3.8) is 0 Å². The Labute approximate surface area is 148 Å². The van der Waals surface area contributed by atoms with Crippen LogP contribution in [0.2, 0.25) is 5.02 Å². The lowest BCUT2D eigenvalue weighted by atomic mass is 9.78. The number of halogens is 2. The second-order valence-electron chi connectivity index (χ2n) is 6.50. The lowest BCUT2D eigenvalue weighted by molar-refractivity contribution is 0.376. The Morgan fingerprint density at radius 1 is 0.958 bits per heavy atom. The Kier molecular flexibility index (Phi) is 5.20. The van der Waals surface area contributed by atoms with Gasteiger partial charge in [-0.2, -0.15) is 0 Å². The molecule has 0 N–H and O–H groups in total. The normalized spacial score (nSPS) is 20.6. The van der Waals surface area contributed by atoms with Crippen LogP contribution in [0.15, 0.2) is 55.6 Å². The number of allylic oxidation sites excluding steroid dienone is 1. The molecule has 0 aromatic heterocycles. The summed E-state index contributed by atoms with van der Waals surface area (Å²) in [6, 6.07) is 11.8. The lowest BCUT2D eigenvalue weighted by Crippen LogP contribution is -2.11. The highest BCUT2D eigenvalue weighted by atomic mass is 35.5. The smallest absolute Gasteiger partial charge is 0.150 e. The van der Waals surface area contributed by atoms with Crippen LogP contribution in [-0.2, 0) is 0 Å². The van der Waals surface area contributed by atoms with Gasteiger partial charge in [0.05, 0.1) is 5.02 Å². The van der Waals surface area contributed by atoms with Crippen molar-refractivity contribution in [1.29, 1.82) is 0 Å². The highest BCUT2D eigenvalue weighted by molar-refractivity contribution is 6.32. The standard InChI is InChI=1S/C22H22ClF/c1-3-15-5-7-17(8-6-15)18-9-11-19(12-10-18)20-14-13-16(4-2)21(23)22(20)24/h3-4,9-15,17H,1-2,5-8H2. The van der Waals surface area contributed by atoms with Gasteiger partial charge in [0.15, 0.2) is 0 Å². The molecule has 2 heteroatoms. The summed E-state index contributed by atoms with van der Waals surface area (Å²) in [4.78, 5) is 0. The second-order valence-corrected chi connectivity index (χ2v) is 6.88. The van der Waals surface area contributed by atoms with Crippen LogP contribution in [0.25, 0.3) is 17.2 Å². The Balaban J connectivity index is 1.81. The van der Waals surface area contributed by atoms with Crippen LogP contribution in [0.5, 0.6) is 0 Å². The molecular formula is C22H22ClF. The third-order valence-corrected chi connectivity index (χ3v) is 5.51. The van der Waals surface area contributed by atoms with E-state index in [2.05, 4.69) is 31.4 Å². The molecule has 124 valence electrons. The van der Waals surface area contributed by atoms with Crippen LogP contribution in [0.4, 0.5) is 4.39 Å². The molecule has 24 heavy (non-hydrogen) atoms. The second kappa shape index (κ2) is 7.36. The van der Waals surface area contributed by atoms with Crippen molar-refractivity contribution >= 4 is 17.7 Å². The molecule has 0 saturated heterocycles. The van der Waals surface area contributed by atoms with Crippen molar-refractivity contribution in [3.05, 3.63) is 77.6 Å². The molecule has 0 heterocycles. The molecule has 0 nitrogen and oxygen atoms in total. The molecule has 0 atom stereocenters. The van der Waals surface area contributed by atoms with Gasteiger partial charge >= 0.3 is 0 Å². The third kappa shape index (κ3) is 3.32. The van der Waals surface area contributed by atoms with Gasteiger partial charge in [0.1, 0.15) is 5.82 Å². The van der Waals surface area contributed by atoms with Gasteiger partial charge in [-0.1, -0.05) is 66.7 Å². The van der Waals surface area contributed by atoms with E-state index in [1.165, 1.54) is 31.2 Å². The SMILES string of the molecule is C=Cc1ccc(-c2ccc(C3CCC(C=C)CC3)cc2)c(F)c1Cl. The average Bonchev–Trinajstić information content (AvgIpc) is 2.64. The molecule has 2 aromatic carbocycles. The van der Waals surface area contributed by atoms with Gasteiger partial charge in [0, 0.05) is 5.56 Å². The minimum absolute atomic E-state index is 0.134. The molecule has 1 saturated carbocycles. The van der Waals surface area contributed by atoms with Gasteiger partial charge in [-0.3, -0.25) is 0 Å². The molecular weight excluding hydrogens is 319 g/mol. The van der Waals surface area contributed by atoms with Crippen molar-refractivity contribution in [3.8, 4) is 11.1 Å². The molecule has 1 fully saturated rings. The average molecular weight is 341 g/mol. The van der Waals surface area contributed by atoms with Crippen LogP contribution in [0, 0.1) is 11.7 Å². The summed E-state index contributed by atoms with van der Waals surface area (Å²) in [6.45, 7) is 7.56. The summed E-state index contributed by atoms with van der Waals surface area (Å²) in [5.74, 6) is 0.889. The van der Waals surface area contributed by atoms with Crippen LogP contribution >= 0.6 is 11.6 Å². The van der Waals surface area contributed by atoms with Crippen molar-refractivity contribution < 1.29 is 4.39 Å². The molecule has 0 unspecified atom stereocenters. The zero-order chi connectivity index (χ0) is 17.1.